The number of allylic oxidation sites excluding steroid dienone is 1. The molecule has 0 saturated carbocycles. The molecule has 0 amide bonds. The van der Waals surface area contributed by atoms with E-state index in [4.69, 9.17) is 0 Å². The van der Waals surface area contributed by atoms with Gasteiger partial charge in [0.05, 0.1) is 6.54 Å². The molecule has 1 aliphatic heterocycles. The van der Waals surface area contributed by atoms with E-state index in [9.17, 15) is 9.59 Å². The van der Waals surface area contributed by atoms with Gasteiger partial charge in [-0.05, 0) is 38.4 Å². The Labute approximate surface area is 84.8 Å². The normalized spacial score (nSPS) is 17.8. The number of nitrogens with zero attached hydrogens (tertiary/aromatic N) is 1. The Hall–Kier alpha value is -0.960. The number of ketones is 2. The summed E-state index contributed by atoms with van der Waals surface area (Å²) < 4.78 is 0. The lowest BCUT2D eigenvalue weighted by atomic mass is 10.1. The van der Waals surface area contributed by atoms with Crippen molar-refractivity contribution in [3.05, 3.63) is 12.2 Å². The number of carbonyl (C=O) groups excluding carboxylic acids is 2. The average Bonchev–Trinajstić information content (AvgIpc) is 2.18. The number of piperidine rings is 1. The van der Waals surface area contributed by atoms with Crippen molar-refractivity contribution in [2.24, 2.45) is 0 Å². The van der Waals surface area contributed by atoms with Crippen molar-refractivity contribution in [3.63, 3.8) is 0 Å². The average molecular weight is 195 g/mol. The predicted molar refractivity (Wildman–Crippen MR) is 55.1 cm³/mol. The predicted octanol–water partition coefficient (Wildman–Crippen LogP) is 1.19. The van der Waals surface area contributed by atoms with E-state index in [-0.39, 0.29) is 12.3 Å². The zero-order valence-electron chi connectivity index (χ0n) is 8.71. The van der Waals surface area contributed by atoms with Crippen LogP contribution in [0.3, 0.4) is 0 Å². The van der Waals surface area contributed by atoms with Crippen LogP contribution in [0.1, 0.15) is 26.2 Å². The van der Waals surface area contributed by atoms with Crippen molar-refractivity contribution in [3.8, 4) is 0 Å². The van der Waals surface area contributed by atoms with Gasteiger partial charge in [-0.25, -0.2) is 0 Å². The molecule has 0 aromatic rings. The first kappa shape index (κ1) is 11.1. The van der Waals surface area contributed by atoms with Crippen LogP contribution in [0, 0.1) is 0 Å². The number of rotatable bonds is 4. The van der Waals surface area contributed by atoms with Crippen molar-refractivity contribution < 1.29 is 9.59 Å². The molecule has 14 heavy (non-hydrogen) atoms. The second-order valence-corrected chi connectivity index (χ2v) is 3.87. The van der Waals surface area contributed by atoms with Gasteiger partial charge in [-0.1, -0.05) is 13.0 Å². The molecular formula is C11H17NO2. The smallest absolute Gasteiger partial charge is 0.225 e. The largest absolute Gasteiger partial charge is 0.296 e. The van der Waals surface area contributed by atoms with Gasteiger partial charge in [0.1, 0.15) is 0 Å². The molecule has 1 heterocycles. The zero-order chi connectivity index (χ0) is 10.6. The fourth-order valence-electron chi connectivity index (χ4n) is 1.63. The van der Waals surface area contributed by atoms with Gasteiger partial charge in [-0.3, -0.25) is 14.5 Å². The second kappa shape index (κ2) is 5.05. The third-order valence-electron chi connectivity index (χ3n) is 2.46. The molecule has 0 unspecified atom stereocenters. The third kappa shape index (κ3) is 3.07. The van der Waals surface area contributed by atoms with Gasteiger partial charge in [0.25, 0.3) is 0 Å². The topological polar surface area (TPSA) is 37.4 Å². The first-order chi connectivity index (χ1) is 6.61. The van der Waals surface area contributed by atoms with Crippen LogP contribution in [-0.4, -0.2) is 36.1 Å². The molecule has 0 spiro atoms. The summed E-state index contributed by atoms with van der Waals surface area (Å²) in [5.74, 6) is -0.741. The van der Waals surface area contributed by atoms with E-state index in [1.54, 1.807) is 6.92 Å². The van der Waals surface area contributed by atoms with Crippen LogP contribution in [0.5, 0.6) is 0 Å². The van der Waals surface area contributed by atoms with Crippen LogP contribution < -0.4 is 0 Å². The summed E-state index contributed by atoms with van der Waals surface area (Å²) in [5.41, 5.74) is 0.340. The molecular weight excluding hydrogens is 178 g/mol. The summed E-state index contributed by atoms with van der Waals surface area (Å²) in [4.78, 5) is 24.7. The fourth-order valence-corrected chi connectivity index (χ4v) is 1.63. The maximum atomic E-state index is 11.4. The minimum atomic E-state index is -0.421. The molecule has 0 aliphatic carbocycles. The molecule has 0 aromatic heterocycles. The Morgan fingerprint density at radius 1 is 1.21 bits per heavy atom. The van der Waals surface area contributed by atoms with Gasteiger partial charge in [0.2, 0.25) is 11.6 Å². The van der Waals surface area contributed by atoms with Crippen LogP contribution in [-0.2, 0) is 9.59 Å². The van der Waals surface area contributed by atoms with E-state index < -0.39 is 5.78 Å². The van der Waals surface area contributed by atoms with Crippen molar-refractivity contribution in [2.45, 2.75) is 26.2 Å². The summed E-state index contributed by atoms with van der Waals surface area (Å²) in [5, 5.41) is 0. The summed E-state index contributed by atoms with van der Waals surface area (Å²) >= 11 is 0. The quantitative estimate of drug-likeness (QED) is 0.499. The van der Waals surface area contributed by atoms with E-state index >= 15 is 0 Å². The second-order valence-electron chi connectivity index (χ2n) is 3.87. The van der Waals surface area contributed by atoms with Gasteiger partial charge < -0.3 is 0 Å². The number of hydrogen-bond acceptors (Lipinski definition) is 3. The lowest BCUT2D eigenvalue weighted by molar-refractivity contribution is -0.135. The highest BCUT2D eigenvalue weighted by molar-refractivity contribution is 6.43. The molecule has 0 radical (unpaired) electrons. The highest BCUT2D eigenvalue weighted by atomic mass is 16.2. The minimum absolute atomic E-state index is 0.270. The molecule has 1 saturated heterocycles. The number of hydrogen-bond donors (Lipinski definition) is 0. The summed E-state index contributed by atoms with van der Waals surface area (Å²) in [6.07, 6.45) is 3.50. The van der Waals surface area contributed by atoms with E-state index in [0.717, 1.165) is 25.9 Å². The molecule has 0 bridgehead atoms. The maximum Gasteiger partial charge on any atom is 0.225 e. The molecule has 3 heteroatoms. The summed E-state index contributed by atoms with van der Waals surface area (Å²) in [6, 6.07) is 0. The number of carbonyl (C=O) groups is 2. The first-order valence-corrected chi connectivity index (χ1v) is 5.06. The van der Waals surface area contributed by atoms with E-state index in [0.29, 0.717) is 5.57 Å². The Morgan fingerprint density at radius 2 is 1.79 bits per heavy atom. The highest BCUT2D eigenvalue weighted by Gasteiger charge is 2.19. The van der Waals surface area contributed by atoms with Crippen LogP contribution in [0.25, 0.3) is 0 Å². The molecule has 1 aliphatic rings. The summed E-state index contributed by atoms with van der Waals surface area (Å²) in [7, 11) is 0. The summed E-state index contributed by atoms with van der Waals surface area (Å²) in [6.45, 7) is 7.21. The lowest BCUT2D eigenvalue weighted by Crippen LogP contribution is -2.37. The van der Waals surface area contributed by atoms with Crippen LogP contribution in [0.2, 0.25) is 0 Å². The SMILES string of the molecule is C=C(C)C(=O)C(=O)CN1CCCCC1. The molecule has 0 atom stereocenters. The van der Waals surface area contributed by atoms with E-state index in [2.05, 4.69) is 6.58 Å². The van der Waals surface area contributed by atoms with E-state index in [1.807, 2.05) is 4.90 Å². The molecule has 0 aromatic carbocycles. The van der Waals surface area contributed by atoms with Gasteiger partial charge in [0, 0.05) is 0 Å². The number of Topliss-reactive ketones (excluding diaryl/α,β-unsaturated/α-hetero) is 2. The standard InChI is InChI=1S/C11H17NO2/c1-9(2)11(14)10(13)8-12-6-4-3-5-7-12/h1,3-8H2,2H3. The lowest BCUT2D eigenvalue weighted by Gasteiger charge is -2.25. The highest BCUT2D eigenvalue weighted by Crippen LogP contribution is 2.08. The first-order valence-electron chi connectivity index (χ1n) is 5.06. The maximum absolute atomic E-state index is 11.4. The Bertz CT molecular complexity index is 252. The molecule has 1 fully saturated rings. The van der Waals surface area contributed by atoms with E-state index in [1.165, 1.54) is 6.42 Å². The van der Waals surface area contributed by atoms with Crippen molar-refractivity contribution >= 4 is 11.6 Å². The minimum Gasteiger partial charge on any atom is -0.296 e. The van der Waals surface area contributed by atoms with Gasteiger partial charge in [-0.15, -0.1) is 0 Å². The third-order valence-corrected chi connectivity index (χ3v) is 2.46. The number of likely N-dealkylation sites (tertiary alicyclic amines) is 1. The monoisotopic (exact) mass is 195 g/mol. The van der Waals surface area contributed by atoms with Crippen LogP contribution in [0.4, 0.5) is 0 Å². The Morgan fingerprint density at radius 3 is 2.29 bits per heavy atom. The fraction of sp³-hybridized carbons (Fsp3) is 0.636. The molecule has 3 nitrogen and oxygen atoms in total. The van der Waals surface area contributed by atoms with Crippen LogP contribution >= 0.6 is 0 Å². The molecule has 1 rings (SSSR count). The van der Waals surface area contributed by atoms with Crippen molar-refractivity contribution in [2.75, 3.05) is 19.6 Å². The van der Waals surface area contributed by atoms with Gasteiger partial charge in [0.15, 0.2) is 0 Å². The van der Waals surface area contributed by atoms with Crippen molar-refractivity contribution in [1.29, 1.82) is 0 Å². The molecule has 0 N–H and O–H groups in total. The Kier molecular flexibility index (Phi) is 4.01. The van der Waals surface area contributed by atoms with Crippen LogP contribution in [0.15, 0.2) is 12.2 Å². The van der Waals surface area contributed by atoms with Gasteiger partial charge in [-0.2, -0.15) is 0 Å². The zero-order valence-corrected chi connectivity index (χ0v) is 8.71. The Balaban J connectivity index is 2.39. The van der Waals surface area contributed by atoms with Crippen molar-refractivity contribution in [1.82, 2.24) is 4.90 Å². The molecule has 78 valence electrons. The van der Waals surface area contributed by atoms with Gasteiger partial charge >= 0.3 is 0 Å².